The van der Waals surface area contributed by atoms with E-state index in [1.54, 1.807) is 0 Å². The summed E-state index contributed by atoms with van der Waals surface area (Å²) in [5.41, 5.74) is 2.03. The molecular formula is C14H17NO3. The Morgan fingerprint density at radius 2 is 2.00 bits per heavy atom. The number of aliphatic hydroxyl groups is 1. The number of hydrogen-bond donors (Lipinski definition) is 1. The predicted octanol–water partition coefficient (Wildman–Crippen LogP) is 1.97. The number of rotatable bonds is 7. The van der Waals surface area contributed by atoms with E-state index in [1.165, 1.54) is 5.56 Å². The fraction of sp³-hybridized carbons (Fsp3) is 0.357. The smallest absolute Gasteiger partial charge is 0.139 e. The summed E-state index contributed by atoms with van der Waals surface area (Å²) in [5, 5.41) is 12.7. The van der Waals surface area contributed by atoms with Gasteiger partial charge < -0.3 is 14.4 Å². The van der Waals surface area contributed by atoms with Gasteiger partial charge in [-0.1, -0.05) is 35.5 Å². The third-order valence-corrected chi connectivity index (χ3v) is 2.58. The van der Waals surface area contributed by atoms with Crippen molar-refractivity contribution in [2.45, 2.75) is 19.4 Å². The minimum absolute atomic E-state index is 0.0825. The molecule has 18 heavy (non-hydrogen) atoms. The Kier molecular flexibility index (Phi) is 4.93. The minimum Gasteiger partial charge on any atom is -0.396 e. The van der Waals surface area contributed by atoms with E-state index in [4.69, 9.17) is 14.4 Å². The van der Waals surface area contributed by atoms with Crippen molar-refractivity contribution in [3.05, 3.63) is 53.4 Å². The normalized spacial score (nSPS) is 10.7. The predicted molar refractivity (Wildman–Crippen MR) is 67.1 cm³/mol. The molecule has 0 atom stereocenters. The van der Waals surface area contributed by atoms with Crippen LogP contribution in [0.1, 0.15) is 17.0 Å². The molecule has 0 bridgehead atoms. The highest BCUT2D eigenvalue weighted by Crippen LogP contribution is 2.06. The van der Waals surface area contributed by atoms with Crippen molar-refractivity contribution in [1.29, 1.82) is 0 Å². The van der Waals surface area contributed by atoms with Gasteiger partial charge in [-0.3, -0.25) is 0 Å². The van der Waals surface area contributed by atoms with Gasteiger partial charge >= 0.3 is 0 Å². The minimum atomic E-state index is 0.0825. The molecule has 0 spiro atoms. The Hall–Kier alpha value is -1.65. The van der Waals surface area contributed by atoms with Crippen LogP contribution in [-0.2, 0) is 24.2 Å². The highest BCUT2D eigenvalue weighted by molar-refractivity contribution is 5.13. The second-order valence-electron chi connectivity index (χ2n) is 4.05. The van der Waals surface area contributed by atoms with Crippen LogP contribution < -0.4 is 0 Å². The molecule has 4 nitrogen and oxygen atoms in total. The third-order valence-electron chi connectivity index (χ3n) is 2.58. The molecule has 0 aliphatic heterocycles. The Balaban J connectivity index is 1.68. The first-order chi connectivity index (χ1) is 8.88. The van der Waals surface area contributed by atoms with Crippen LogP contribution in [0.2, 0.25) is 0 Å². The molecule has 4 heteroatoms. The van der Waals surface area contributed by atoms with Crippen LogP contribution in [0.3, 0.4) is 0 Å². The summed E-state index contributed by atoms with van der Waals surface area (Å²) < 4.78 is 10.6. The summed E-state index contributed by atoms with van der Waals surface area (Å²) in [6, 6.07) is 11.9. The van der Waals surface area contributed by atoms with E-state index in [0.29, 0.717) is 19.6 Å². The van der Waals surface area contributed by atoms with E-state index in [-0.39, 0.29) is 6.61 Å². The molecule has 2 rings (SSSR count). The first-order valence-electron chi connectivity index (χ1n) is 6.05. The summed E-state index contributed by atoms with van der Waals surface area (Å²) in [7, 11) is 0. The molecule has 96 valence electrons. The van der Waals surface area contributed by atoms with Gasteiger partial charge in [0.25, 0.3) is 0 Å². The summed E-state index contributed by atoms with van der Waals surface area (Å²) in [6.07, 6.45) is 1.24. The van der Waals surface area contributed by atoms with Crippen LogP contribution in [0.25, 0.3) is 0 Å². The maximum atomic E-state index is 8.76. The zero-order valence-electron chi connectivity index (χ0n) is 10.2. The lowest BCUT2D eigenvalue weighted by Crippen LogP contribution is -1.99. The van der Waals surface area contributed by atoms with Crippen LogP contribution >= 0.6 is 0 Å². The first kappa shape index (κ1) is 12.8. The standard InChI is InChI=1S/C14H17NO3/c16-8-6-14-10-13(15-18-14)7-9-17-11-12-4-2-1-3-5-12/h1-5,10,16H,6-9,11H2. The topological polar surface area (TPSA) is 55.5 Å². The van der Waals surface area contributed by atoms with E-state index in [0.717, 1.165) is 17.9 Å². The monoisotopic (exact) mass is 247 g/mol. The number of hydrogen-bond acceptors (Lipinski definition) is 4. The Labute approximate surface area is 106 Å². The van der Waals surface area contributed by atoms with Gasteiger partial charge in [0.05, 0.1) is 25.5 Å². The highest BCUT2D eigenvalue weighted by Gasteiger charge is 2.03. The lowest BCUT2D eigenvalue weighted by Gasteiger charge is -2.02. The Morgan fingerprint density at radius 3 is 2.78 bits per heavy atom. The molecule has 0 fully saturated rings. The van der Waals surface area contributed by atoms with Crippen molar-refractivity contribution < 1.29 is 14.4 Å². The van der Waals surface area contributed by atoms with Gasteiger partial charge in [0.2, 0.25) is 0 Å². The van der Waals surface area contributed by atoms with Crippen molar-refractivity contribution in [3.63, 3.8) is 0 Å². The van der Waals surface area contributed by atoms with Gasteiger partial charge in [0.1, 0.15) is 5.76 Å². The molecule has 1 aromatic carbocycles. The second kappa shape index (κ2) is 6.93. The quantitative estimate of drug-likeness (QED) is 0.760. The van der Waals surface area contributed by atoms with E-state index < -0.39 is 0 Å². The lowest BCUT2D eigenvalue weighted by molar-refractivity contribution is 0.122. The number of ether oxygens (including phenoxy) is 1. The summed E-state index contributed by atoms with van der Waals surface area (Å²) in [4.78, 5) is 0. The first-order valence-corrected chi connectivity index (χ1v) is 6.05. The molecule has 0 amide bonds. The molecule has 0 radical (unpaired) electrons. The summed E-state index contributed by atoms with van der Waals surface area (Å²) in [5.74, 6) is 0.718. The van der Waals surface area contributed by atoms with Crippen LogP contribution in [0.5, 0.6) is 0 Å². The van der Waals surface area contributed by atoms with E-state index in [2.05, 4.69) is 5.16 Å². The van der Waals surface area contributed by atoms with Crippen LogP contribution in [0.4, 0.5) is 0 Å². The van der Waals surface area contributed by atoms with E-state index >= 15 is 0 Å². The van der Waals surface area contributed by atoms with Gasteiger partial charge in [0, 0.05) is 18.9 Å². The van der Waals surface area contributed by atoms with Crippen molar-refractivity contribution in [2.24, 2.45) is 0 Å². The second-order valence-corrected chi connectivity index (χ2v) is 4.05. The number of aromatic nitrogens is 1. The van der Waals surface area contributed by atoms with Crippen molar-refractivity contribution >= 4 is 0 Å². The van der Waals surface area contributed by atoms with Crippen LogP contribution in [0, 0.1) is 0 Å². The summed E-state index contributed by atoms with van der Waals surface area (Å²) in [6.45, 7) is 1.31. The van der Waals surface area contributed by atoms with Gasteiger partial charge in [0.15, 0.2) is 0 Å². The van der Waals surface area contributed by atoms with Gasteiger partial charge in [-0.15, -0.1) is 0 Å². The summed E-state index contributed by atoms with van der Waals surface area (Å²) >= 11 is 0. The molecule has 0 aliphatic carbocycles. The van der Waals surface area contributed by atoms with Crippen molar-refractivity contribution in [3.8, 4) is 0 Å². The Morgan fingerprint density at radius 1 is 1.17 bits per heavy atom. The fourth-order valence-corrected chi connectivity index (χ4v) is 1.64. The fourth-order valence-electron chi connectivity index (χ4n) is 1.64. The number of nitrogens with zero attached hydrogens (tertiary/aromatic N) is 1. The number of benzene rings is 1. The number of aliphatic hydroxyl groups excluding tert-OH is 1. The van der Waals surface area contributed by atoms with Crippen molar-refractivity contribution in [2.75, 3.05) is 13.2 Å². The molecular weight excluding hydrogens is 230 g/mol. The molecule has 0 aliphatic rings. The van der Waals surface area contributed by atoms with Crippen LogP contribution in [-0.4, -0.2) is 23.5 Å². The highest BCUT2D eigenvalue weighted by atomic mass is 16.5. The molecule has 0 saturated heterocycles. The molecule has 1 aromatic heterocycles. The SMILES string of the molecule is OCCc1cc(CCOCc2ccccc2)no1. The maximum Gasteiger partial charge on any atom is 0.139 e. The average Bonchev–Trinajstić information content (AvgIpc) is 2.84. The van der Waals surface area contributed by atoms with Crippen LogP contribution in [0.15, 0.2) is 40.9 Å². The third kappa shape index (κ3) is 3.98. The lowest BCUT2D eigenvalue weighted by atomic mass is 10.2. The van der Waals surface area contributed by atoms with E-state index in [1.807, 2.05) is 36.4 Å². The largest absolute Gasteiger partial charge is 0.396 e. The molecule has 1 N–H and O–H groups in total. The van der Waals surface area contributed by atoms with Crippen molar-refractivity contribution in [1.82, 2.24) is 5.16 Å². The van der Waals surface area contributed by atoms with Gasteiger partial charge in [-0.2, -0.15) is 0 Å². The molecule has 0 saturated carbocycles. The van der Waals surface area contributed by atoms with E-state index in [9.17, 15) is 0 Å². The Bertz CT molecular complexity index is 453. The van der Waals surface area contributed by atoms with Gasteiger partial charge in [-0.25, -0.2) is 0 Å². The molecule has 0 unspecified atom stereocenters. The molecule has 2 aromatic rings. The van der Waals surface area contributed by atoms with Gasteiger partial charge in [-0.05, 0) is 5.56 Å². The molecule has 1 heterocycles. The zero-order valence-corrected chi connectivity index (χ0v) is 10.2. The average molecular weight is 247 g/mol. The zero-order chi connectivity index (χ0) is 12.6. The maximum absolute atomic E-state index is 8.76.